The van der Waals surface area contributed by atoms with Gasteiger partial charge in [0.05, 0.1) is 0 Å². The second kappa shape index (κ2) is 6.49. The first-order chi connectivity index (χ1) is 7.17. The van der Waals surface area contributed by atoms with E-state index in [1.54, 1.807) is 0 Å². The van der Waals surface area contributed by atoms with E-state index in [-0.39, 0.29) is 0 Å². The summed E-state index contributed by atoms with van der Waals surface area (Å²) in [4.78, 5) is 2.56. The van der Waals surface area contributed by atoms with Crippen molar-refractivity contribution in [3.8, 4) is 0 Å². The Kier molecular flexibility index (Phi) is 5.62. The van der Waals surface area contributed by atoms with Gasteiger partial charge < -0.3 is 10.6 Å². The molecule has 1 rings (SSSR count). The molecule has 0 aromatic rings. The van der Waals surface area contributed by atoms with Crippen molar-refractivity contribution in [1.82, 2.24) is 4.90 Å². The minimum Gasteiger partial charge on any atom is -0.327 e. The Balaban J connectivity index is 2.39. The Labute approximate surface area is 95.2 Å². The molecule has 0 amide bonds. The molecule has 1 fully saturated rings. The van der Waals surface area contributed by atoms with Crippen LogP contribution in [0.2, 0.25) is 0 Å². The summed E-state index contributed by atoms with van der Waals surface area (Å²) in [6.07, 6.45) is 5.15. The molecule has 2 heteroatoms. The molecule has 2 N–H and O–H groups in total. The van der Waals surface area contributed by atoms with Gasteiger partial charge in [0.2, 0.25) is 0 Å². The van der Waals surface area contributed by atoms with Crippen LogP contribution in [0.3, 0.4) is 0 Å². The topological polar surface area (TPSA) is 29.3 Å². The zero-order valence-electron chi connectivity index (χ0n) is 10.7. The lowest BCUT2D eigenvalue weighted by atomic mass is 9.79. The predicted molar refractivity (Wildman–Crippen MR) is 66.9 cm³/mol. The van der Waals surface area contributed by atoms with Gasteiger partial charge in [-0.3, -0.25) is 0 Å². The van der Waals surface area contributed by atoms with Crippen molar-refractivity contribution in [1.29, 1.82) is 0 Å². The second-order valence-corrected chi connectivity index (χ2v) is 5.24. The van der Waals surface area contributed by atoms with Gasteiger partial charge in [-0.1, -0.05) is 20.8 Å². The first-order valence-electron chi connectivity index (χ1n) is 6.65. The van der Waals surface area contributed by atoms with Crippen LogP contribution in [-0.4, -0.2) is 30.6 Å². The first kappa shape index (κ1) is 13.0. The number of hydrogen-bond acceptors (Lipinski definition) is 2. The molecular formula is C13H28N2. The minimum atomic E-state index is 0.451. The van der Waals surface area contributed by atoms with Gasteiger partial charge >= 0.3 is 0 Å². The first-order valence-corrected chi connectivity index (χ1v) is 6.65. The largest absolute Gasteiger partial charge is 0.327 e. The molecule has 2 nitrogen and oxygen atoms in total. The third-order valence-corrected chi connectivity index (χ3v) is 3.78. The lowest BCUT2D eigenvalue weighted by molar-refractivity contribution is 0.166. The molecule has 0 aromatic heterocycles. The number of nitrogens with zero attached hydrogens (tertiary/aromatic N) is 1. The zero-order valence-corrected chi connectivity index (χ0v) is 10.7. The van der Waals surface area contributed by atoms with Gasteiger partial charge in [-0.05, 0) is 50.6 Å². The van der Waals surface area contributed by atoms with E-state index in [0.717, 1.165) is 11.8 Å². The maximum Gasteiger partial charge on any atom is 0.00795 e. The Morgan fingerprint density at radius 2 is 2.00 bits per heavy atom. The van der Waals surface area contributed by atoms with Gasteiger partial charge in [0.1, 0.15) is 0 Å². The Morgan fingerprint density at radius 1 is 1.27 bits per heavy atom. The highest BCUT2D eigenvalue weighted by Gasteiger charge is 2.26. The van der Waals surface area contributed by atoms with Gasteiger partial charge in [-0.15, -0.1) is 0 Å². The average molecular weight is 212 g/mol. The molecule has 0 radical (unpaired) electrons. The summed E-state index contributed by atoms with van der Waals surface area (Å²) in [5.41, 5.74) is 6.21. The summed E-state index contributed by atoms with van der Waals surface area (Å²) in [7, 11) is 0. The summed E-state index contributed by atoms with van der Waals surface area (Å²) < 4.78 is 0. The molecule has 0 spiro atoms. The molecule has 90 valence electrons. The molecule has 3 atom stereocenters. The fraction of sp³-hybridized carbons (Fsp3) is 1.00. The highest BCUT2D eigenvalue weighted by molar-refractivity contribution is 4.83. The molecule has 0 heterocycles. The molecular weight excluding hydrogens is 184 g/mol. The third kappa shape index (κ3) is 4.12. The predicted octanol–water partition coefficient (Wildman–Crippen LogP) is 2.48. The Bertz CT molecular complexity index is 170. The molecule has 3 unspecified atom stereocenters. The number of hydrogen-bond donors (Lipinski definition) is 1. The normalized spacial score (nSPS) is 32.2. The highest BCUT2D eigenvalue weighted by Crippen LogP contribution is 2.28. The van der Waals surface area contributed by atoms with Gasteiger partial charge in [0.15, 0.2) is 0 Å². The quantitative estimate of drug-likeness (QED) is 0.758. The van der Waals surface area contributed by atoms with Gasteiger partial charge in [-0.2, -0.15) is 0 Å². The monoisotopic (exact) mass is 212 g/mol. The molecule has 1 aliphatic carbocycles. The Morgan fingerprint density at radius 3 is 2.60 bits per heavy atom. The molecule has 0 aliphatic heterocycles. The van der Waals surface area contributed by atoms with Gasteiger partial charge in [0, 0.05) is 12.6 Å². The van der Waals surface area contributed by atoms with Crippen molar-refractivity contribution in [2.24, 2.45) is 17.6 Å². The van der Waals surface area contributed by atoms with Crippen LogP contribution in [0.5, 0.6) is 0 Å². The standard InChI is InChI=1S/C13H28N2/c1-4-8-15(5-2)10-12-9-11(3)6-7-13(12)14/h11-13H,4-10,14H2,1-3H3. The fourth-order valence-electron chi connectivity index (χ4n) is 2.76. The number of nitrogens with two attached hydrogens (primary N) is 1. The van der Waals surface area contributed by atoms with E-state index < -0.39 is 0 Å². The fourth-order valence-corrected chi connectivity index (χ4v) is 2.76. The second-order valence-electron chi connectivity index (χ2n) is 5.24. The summed E-state index contributed by atoms with van der Waals surface area (Å²) in [5.74, 6) is 1.62. The van der Waals surface area contributed by atoms with Crippen molar-refractivity contribution >= 4 is 0 Å². The van der Waals surface area contributed by atoms with E-state index in [1.807, 2.05) is 0 Å². The van der Waals surface area contributed by atoms with Crippen molar-refractivity contribution in [3.05, 3.63) is 0 Å². The average Bonchev–Trinajstić information content (AvgIpc) is 2.22. The molecule has 0 saturated heterocycles. The van der Waals surface area contributed by atoms with Crippen molar-refractivity contribution in [2.45, 2.75) is 52.5 Å². The van der Waals surface area contributed by atoms with Crippen molar-refractivity contribution < 1.29 is 0 Å². The van der Waals surface area contributed by atoms with Crippen LogP contribution >= 0.6 is 0 Å². The lowest BCUT2D eigenvalue weighted by Gasteiger charge is -2.35. The smallest absolute Gasteiger partial charge is 0.00795 e. The minimum absolute atomic E-state index is 0.451. The molecule has 1 saturated carbocycles. The maximum absolute atomic E-state index is 6.21. The van der Waals surface area contributed by atoms with Crippen LogP contribution in [0.25, 0.3) is 0 Å². The van der Waals surface area contributed by atoms with E-state index in [0.29, 0.717) is 6.04 Å². The van der Waals surface area contributed by atoms with Gasteiger partial charge in [-0.25, -0.2) is 0 Å². The SMILES string of the molecule is CCCN(CC)CC1CC(C)CCC1N. The lowest BCUT2D eigenvalue weighted by Crippen LogP contribution is -2.43. The van der Waals surface area contributed by atoms with Crippen LogP contribution in [0.15, 0.2) is 0 Å². The van der Waals surface area contributed by atoms with Gasteiger partial charge in [0.25, 0.3) is 0 Å². The van der Waals surface area contributed by atoms with E-state index in [2.05, 4.69) is 25.7 Å². The van der Waals surface area contributed by atoms with Crippen LogP contribution in [-0.2, 0) is 0 Å². The van der Waals surface area contributed by atoms with E-state index in [1.165, 1.54) is 45.3 Å². The van der Waals surface area contributed by atoms with E-state index >= 15 is 0 Å². The molecule has 1 aliphatic rings. The van der Waals surface area contributed by atoms with E-state index in [9.17, 15) is 0 Å². The summed E-state index contributed by atoms with van der Waals surface area (Å²) in [6.45, 7) is 10.5. The molecule has 0 bridgehead atoms. The molecule has 15 heavy (non-hydrogen) atoms. The number of rotatable bonds is 5. The van der Waals surface area contributed by atoms with Crippen molar-refractivity contribution in [2.75, 3.05) is 19.6 Å². The van der Waals surface area contributed by atoms with E-state index in [4.69, 9.17) is 5.73 Å². The summed E-state index contributed by atoms with van der Waals surface area (Å²) in [6, 6.07) is 0.451. The van der Waals surface area contributed by atoms with Crippen LogP contribution in [0.4, 0.5) is 0 Å². The third-order valence-electron chi connectivity index (χ3n) is 3.78. The van der Waals surface area contributed by atoms with Crippen LogP contribution in [0, 0.1) is 11.8 Å². The van der Waals surface area contributed by atoms with Crippen molar-refractivity contribution in [3.63, 3.8) is 0 Å². The Hall–Kier alpha value is -0.0800. The zero-order chi connectivity index (χ0) is 11.3. The summed E-state index contributed by atoms with van der Waals surface area (Å²) in [5, 5.41) is 0. The van der Waals surface area contributed by atoms with Crippen LogP contribution < -0.4 is 5.73 Å². The highest BCUT2D eigenvalue weighted by atomic mass is 15.1. The summed E-state index contributed by atoms with van der Waals surface area (Å²) >= 11 is 0. The maximum atomic E-state index is 6.21. The molecule has 0 aromatic carbocycles. The van der Waals surface area contributed by atoms with Crippen LogP contribution in [0.1, 0.15) is 46.5 Å².